The van der Waals surface area contributed by atoms with E-state index in [2.05, 4.69) is 20.8 Å². The molecular formula is C16H20BrNO2. The van der Waals surface area contributed by atoms with Gasteiger partial charge in [0.1, 0.15) is 5.75 Å². The lowest BCUT2D eigenvalue weighted by atomic mass is 9.91. The smallest absolute Gasteiger partial charge is 0.255 e. The third-order valence-corrected chi connectivity index (χ3v) is 5.35. The Morgan fingerprint density at radius 1 is 1.30 bits per heavy atom. The first-order chi connectivity index (χ1) is 9.70. The van der Waals surface area contributed by atoms with Crippen molar-refractivity contribution >= 4 is 21.8 Å². The van der Waals surface area contributed by atoms with Crippen molar-refractivity contribution < 1.29 is 9.53 Å². The summed E-state index contributed by atoms with van der Waals surface area (Å²) in [5, 5.41) is 0. The molecule has 0 radical (unpaired) electrons. The molecule has 1 heterocycles. The lowest BCUT2D eigenvalue weighted by Crippen LogP contribution is -2.46. The minimum Gasteiger partial charge on any atom is -0.497 e. The molecule has 0 N–H and O–H groups in total. The van der Waals surface area contributed by atoms with Gasteiger partial charge in [0.2, 0.25) is 0 Å². The molecule has 1 aliphatic carbocycles. The highest BCUT2D eigenvalue weighted by molar-refractivity contribution is 9.10. The van der Waals surface area contributed by atoms with Gasteiger partial charge in [-0.05, 0) is 65.7 Å². The van der Waals surface area contributed by atoms with Crippen molar-refractivity contribution in [1.82, 2.24) is 4.90 Å². The second-order valence-corrected chi connectivity index (χ2v) is 6.60. The number of benzene rings is 1. The number of likely N-dealkylation sites (tertiary alicyclic amines) is 1. The molecule has 108 valence electrons. The zero-order valence-corrected chi connectivity index (χ0v) is 13.4. The highest BCUT2D eigenvalue weighted by Gasteiger charge is 2.37. The summed E-state index contributed by atoms with van der Waals surface area (Å²) in [6.07, 6.45) is 6.13. The molecule has 2 unspecified atom stereocenters. The predicted octanol–water partition coefficient (Wildman–Crippen LogP) is 3.86. The van der Waals surface area contributed by atoms with Crippen LogP contribution in [0.2, 0.25) is 0 Å². The number of halogens is 1. The Morgan fingerprint density at radius 3 is 2.90 bits per heavy atom. The third-order valence-electron chi connectivity index (χ3n) is 4.66. The van der Waals surface area contributed by atoms with E-state index in [1.54, 1.807) is 7.11 Å². The molecular weight excluding hydrogens is 318 g/mol. The Hall–Kier alpha value is -1.03. The van der Waals surface area contributed by atoms with E-state index in [0.29, 0.717) is 6.04 Å². The van der Waals surface area contributed by atoms with Crippen molar-refractivity contribution in [2.75, 3.05) is 13.7 Å². The largest absolute Gasteiger partial charge is 0.497 e. The topological polar surface area (TPSA) is 29.5 Å². The van der Waals surface area contributed by atoms with E-state index in [0.717, 1.165) is 41.1 Å². The van der Waals surface area contributed by atoms with E-state index >= 15 is 0 Å². The van der Waals surface area contributed by atoms with Crippen LogP contribution in [0.4, 0.5) is 0 Å². The van der Waals surface area contributed by atoms with Gasteiger partial charge in [-0.25, -0.2) is 0 Å². The minimum atomic E-state index is 0.146. The zero-order chi connectivity index (χ0) is 14.1. The second kappa shape index (κ2) is 5.76. The molecule has 0 bridgehead atoms. The third kappa shape index (κ3) is 2.46. The van der Waals surface area contributed by atoms with Gasteiger partial charge in [0.25, 0.3) is 5.91 Å². The predicted molar refractivity (Wildman–Crippen MR) is 82.1 cm³/mol. The van der Waals surface area contributed by atoms with Crippen LogP contribution < -0.4 is 4.74 Å². The number of fused-ring (bicyclic) bond motifs is 1. The molecule has 2 fully saturated rings. The first-order valence-corrected chi connectivity index (χ1v) is 8.14. The van der Waals surface area contributed by atoms with Gasteiger partial charge in [-0.15, -0.1) is 0 Å². The fourth-order valence-corrected chi connectivity index (χ4v) is 4.07. The molecule has 2 aliphatic rings. The Kier molecular flexibility index (Phi) is 4.01. The molecule has 1 aromatic carbocycles. The van der Waals surface area contributed by atoms with Crippen molar-refractivity contribution in [3.05, 3.63) is 28.2 Å². The summed E-state index contributed by atoms with van der Waals surface area (Å²) in [5.74, 6) is 1.60. The summed E-state index contributed by atoms with van der Waals surface area (Å²) in [6.45, 7) is 0.893. The normalized spacial score (nSPS) is 25.4. The quantitative estimate of drug-likeness (QED) is 0.819. The van der Waals surface area contributed by atoms with Crippen molar-refractivity contribution in [3.8, 4) is 5.75 Å². The summed E-state index contributed by atoms with van der Waals surface area (Å²) in [7, 11) is 1.63. The number of amides is 1. The number of rotatable bonds is 2. The Balaban J connectivity index is 1.88. The van der Waals surface area contributed by atoms with Gasteiger partial charge in [-0.1, -0.05) is 6.42 Å². The summed E-state index contributed by atoms with van der Waals surface area (Å²) in [5.41, 5.74) is 0.719. The molecule has 2 atom stereocenters. The summed E-state index contributed by atoms with van der Waals surface area (Å²) in [6, 6.07) is 6.05. The fraction of sp³-hybridized carbons (Fsp3) is 0.562. The standard InChI is InChI=1S/C16H20BrNO2/c1-20-12-7-8-14(17)13(10-12)16(19)18-9-3-5-11-4-2-6-15(11)18/h7-8,10-11,15H,2-6,9H2,1H3. The maximum absolute atomic E-state index is 12.9. The monoisotopic (exact) mass is 337 g/mol. The highest BCUT2D eigenvalue weighted by atomic mass is 79.9. The van der Waals surface area contributed by atoms with Gasteiger partial charge in [0.05, 0.1) is 12.7 Å². The van der Waals surface area contributed by atoms with Gasteiger partial charge < -0.3 is 9.64 Å². The molecule has 0 spiro atoms. The van der Waals surface area contributed by atoms with Crippen molar-refractivity contribution in [1.29, 1.82) is 0 Å². The van der Waals surface area contributed by atoms with E-state index in [1.165, 1.54) is 19.3 Å². The summed E-state index contributed by atoms with van der Waals surface area (Å²) < 4.78 is 6.09. The molecule has 1 amide bonds. The summed E-state index contributed by atoms with van der Waals surface area (Å²) in [4.78, 5) is 15.0. The highest BCUT2D eigenvalue weighted by Crippen LogP contribution is 2.38. The number of carbonyl (C=O) groups is 1. The second-order valence-electron chi connectivity index (χ2n) is 5.74. The molecule has 1 aliphatic heterocycles. The lowest BCUT2D eigenvalue weighted by molar-refractivity contribution is 0.0547. The maximum Gasteiger partial charge on any atom is 0.255 e. The van der Waals surface area contributed by atoms with Gasteiger partial charge >= 0.3 is 0 Å². The molecule has 1 saturated heterocycles. The van der Waals surface area contributed by atoms with E-state index in [9.17, 15) is 4.79 Å². The summed E-state index contributed by atoms with van der Waals surface area (Å²) >= 11 is 3.50. The van der Waals surface area contributed by atoms with E-state index in [1.807, 2.05) is 18.2 Å². The average Bonchev–Trinajstić information content (AvgIpc) is 2.95. The zero-order valence-electron chi connectivity index (χ0n) is 11.8. The minimum absolute atomic E-state index is 0.146. The molecule has 3 rings (SSSR count). The van der Waals surface area contributed by atoms with Crippen LogP contribution in [0.25, 0.3) is 0 Å². The lowest BCUT2D eigenvalue weighted by Gasteiger charge is -2.38. The molecule has 20 heavy (non-hydrogen) atoms. The van der Waals surface area contributed by atoms with Crippen LogP contribution in [0.5, 0.6) is 5.75 Å². The van der Waals surface area contributed by atoms with Gasteiger partial charge in [-0.2, -0.15) is 0 Å². The van der Waals surface area contributed by atoms with Gasteiger partial charge in [0, 0.05) is 17.1 Å². The van der Waals surface area contributed by atoms with Crippen LogP contribution in [0, 0.1) is 5.92 Å². The van der Waals surface area contributed by atoms with E-state index in [-0.39, 0.29) is 5.91 Å². The number of methoxy groups -OCH3 is 1. The first-order valence-electron chi connectivity index (χ1n) is 7.35. The first kappa shape index (κ1) is 13.9. The fourth-order valence-electron chi connectivity index (χ4n) is 3.66. The molecule has 1 saturated carbocycles. The Morgan fingerprint density at radius 2 is 2.10 bits per heavy atom. The number of ether oxygens (including phenoxy) is 1. The van der Waals surface area contributed by atoms with Crippen LogP contribution in [0.15, 0.2) is 22.7 Å². The van der Waals surface area contributed by atoms with E-state index < -0.39 is 0 Å². The Bertz CT molecular complexity index is 517. The van der Waals surface area contributed by atoms with Crippen molar-refractivity contribution in [2.24, 2.45) is 5.92 Å². The molecule has 4 heteroatoms. The number of carbonyl (C=O) groups excluding carboxylic acids is 1. The molecule has 1 aromatic rings. The number of hydrogen-bond acceptors (Lipinski definition) is 2. The maximum atomic E-state index is 12.9. The van der Waals surface area contributed by atoms with Crippen LogP contribution >= 0.6 is 15.9 Å². The van der Waals surface area contributed by atoms with Crippen molar-refractivity contribution in [2.45, 2.75) is 38.1 Å². The van der Waals surface area contributed by atoms with Gasteiger partial charge in [-0.3, -0.25) is 4.79 Å². The number of piperidine rings is 1. The SMILES string of the molecule is COc1ccc(Br)c(C(=O)N2CCCC3CCCC32)c1. The van der Waals surface area contributed by atoms with Crippen molar-refractivity contribution in [3.63, 3.8) is 0 Å². The van der Waals surface area contributed by atoms with Gasteiger partial charge in [0.15, 0.2) is 0 Å². The average molecular weight is 338 g/mol. The number of nitrogens with zero attached hydrogens (tertiary/aromatic N) is 1. The van der Waals surface area contributed by atoms with Crippen LogP contribution in [0.1, 0.15) is 42.5 Å². The van der Waals surface area contributed by atoms with E-state index in [4.69, 9.17) is 4.74 Å². The van der Waals surface area contributed by atoms with Crippen LogP contribution in [-0.4, -0.2) is 30.5 Å². The Labute approximate surface area is 128 Å². The number of hydrogen-bond donors (Lipinski definition) is 0. The van der Waals surface area contributed by atoms with Crippen LogP contribution in [-0.2, 0) is 0 Å². The van der Waals surface area contributed by atoms with Crippen LogP contribution in [0.3, 0.4) is 0 Å². The molecule has 3 nitrogen and oxygen atoms in total. The molecule has 0 aromatic heterocycles.